The number of likely N-dealkylation sites (tertiary alicyclic amines) is 1. The second-order valence-electron chi connectivity index (χ2n) is 7.57. The van der Waals surface area contributed by atoms with Crippen molar-refractivity contribution >= 4 is 11.6 Å². The number of nitrogens with two attached hydrogens (primary N) is 1. The first-order valence-electron chi connectivity index (χ1n) is 10.1. The molecular weight excluding hydrogens is 350 g/mol. The molecule has 0 aromatic heterocycles. The Morgan fingerprint density at radius 3 is 2.54 bits per heavy atom. The molecule has 1 fully saturated rings. The first-order valence-corrected chi connectivity index (χ1v) is 10.1. The summed E-state index contributed by atoms with van der Waals surface area (Å²) in [5, 5.41) is 3.11. The minimum absolute atomic E-state index is 0.115. The zero-order valence-electron chi connectivity index (χ0n) is 16.7. The van der Waals surface area contributed by atoms with Crippen LogP contribution in [0.5, 0.6) is 5.75 Å². The number of rotatable bonds is 8. The van der Waals surface area contributed by atoms with Crippen molar-refractivity contribution in [3.63, 3.8) is 0 Å². The Hall–Kier alpha value is -2.53. The molecule has 1 aliphatic heterocycles. The lowest BCUT2D eigenvalue weighted by atomic mass is 9.96. The second-order valence-corrected chi connectivity index (χ2v) is 7.57. The molecule has 0 aliphatic carbocycles. The number of anilines is 1. The van der Waals surface area contributed by atoms with Crippen molar-refractivity contribution in [2.75, 3.05) is 32.5 Å². The molecule has 0 spiro atoms. The molecule has 0 radical (unpaired) electrons. The molecule has 1 saturated heterocycles. The molecule has 3 rings (SSSR count). The molecule has 1 heterocycles. The van der Waals surface area contributed by atoms with Crippen LogP contribution in [0.1, 0.15) is 30.4 Å². The number of benzene rings is 2. The molecule has 28 heavy (non-hydrogen) atoms. The van der Waals surface area contributed by atoms with Gasteiger partial charge in [0.2, 0.25) is 5.91 Å². The largest absolute Gasteiger partial charge is 0.497 e. The van der Waals surface area contributed by atoms with Crippen molar-refractivity contribution in [1.82, 2.24) is 10.2 Å². The summed E-state index contributed by atoms with van der Waals surface area (Å²) in [4.78, 5) is 14.6. The van der Waals surface area contributed by atoms with Gasteiger partial charge in [-0.25, -0.2) is 0 Å². The van der Waals surface area contributed by atoms with E-state index in [1.54, 1.807) is 7.11 Å². The number of nitrogen functional groups attached to an aromatic ring is 1. The maximum atomic E-state index is 12.2. The lowest BCUT2D eigenvalue weighted by Gasteiger charge is -2.32. The minimum atomic E-state index is 0.115. The molecule has 0 saturated carbocycles. The molecule has 0 atom stereocenters. The molecule has 0 bridgehead atoms. The minimum Gasteiger partial charge on any atom is -0.497 e. The van der Waals surface area contributed by atoms with E-state index in [2.05, 4.69) is 22.3 Å². The smallest absolute Gasteiger partial charge is 0.220 e. The lowest BCUT2D eigenvalue weighted by Crippen LogP contribution is -2.38. The van der Waals surface area contributed by atoms with Gasteiger partial charge >= 0.3 is 0 Å². The van der Waals surface area contributed by atoms with Crippen molar-refractivity contribution in [2.45, 2.75) is 32.2 Å². The van der Waals surface area contributed by atoms with Crippen molar-refractivity contribution in [3.05, 3.63) is 59.7 Å². The van der Waals surface area contributed by atoms with Gasteiger partial charge in [0, 0.05) is 25.2 Å². The summed E-state index contributed by atoms with van der Waals surface area (Å²) in [6, 6.07) is 16.0. The number of amides is 1. The van der Waals surface area contributed by atoms with Crippen LogP contribution in [-0.2, 0) is 17.8 Å². The van der Waals surface area contributed by atoms with Crippen molar-refractivity contribution in [2.24, 2.45) is 5.92 Å². The molecule has 1 aliphatic rings. The number of nitrogens with zero attached hydrogens (tertiary/aromatic N) is 1. The van der Waals surface area contributed by atoms with Gasteiger partial charge in [0.1, 0.15) is 5.75 Å². The van der Waals surface area contributed by atoms with Crippen LogP contribution in [0.15, 0.2) is 48.5 Å². The Morgan fingerprint density at radius 2 is 1.86 bits per heavy atom. The number of nitrogens with one attached hydrogen (secondary N) is 1. The SMILES string of the molecule is COc1ccc(CN2CCC(CNC(=O)CCc3ccccc3N)CC2)cc1. The van der Waals surface area contributed by atoms with Crippen molar-refractivity contribution < 1.29 is 9.53 Å². The van der Waals surface area contributed by atoms with E-state index in [-0.39, 0.29) is 5.91 Å². The van der Waals surface area contributed by atoms with E-state index < -0.39 is 0 Å². The molecule has 5 heteroatoms. The summed E-state index contributed by atoms with van der Waals surface area (Å²) < 4.78 is 5.21. The number of carbonyl (C=O) groups is 1. The standard InChI is InChI=1S/C23H31N3O2/c1-28-21-9-6-19(7-10-21)17-26-14-12-18(13-15-26)16-25-23(27)11-8-20-4-2-3-5-22(20)24/h2-7,9-10,18H,8,11-17,24H2,1H3,(H,25,27). The first-order chi connectivity index (χ1) is 13.6. The fraction of sp³-hybridized carbons (Fsp3) is 0.435. The number of carbonyl (C=O) groups excluding carboxylic acids is 1. The number of hydrogen-bond donors (Lipinski definition) is 2. The maximum Gasteiger partial charge on any atom is 0.220 e. The van der Waals surface area contributed by atoms with Gasteiger partial charge in [-0.3, -0.25) is 9.69 Å². The molecular formula is C23H31N3O2. The number of methoxy groups -OCH3 is 1. The summed E-state index contributed by atoms with van der Waals surface area (Å²) in [7, 11) is 1.69. The maximum absolute atomic E-state index is 12.2. The predicted molar refractivity (Wildman–Crippen MR) is 113 cm³/mol. The van der Waals surface area contributed by atoms with Crippen LogP contribution in [-0.4, -0.2) is 37.6 Å². The normalized spacial score (nSPS) is 15.3. The first kappa shape index (κ1) is 20.2. The highest BCUT2D eigenvalue weighted by molar-refractivity contribution is 5.76. The van der Waals surface area contributed by atoms with E-state index in [9.17, 15) is 4.79 Å². The van der Waals surface area contributed by atoms with Gasteiger partial charge in [0.15, 0.2) is 0 Å². The fourth-order valence-corrected chi connectivity index (χ4v) is 3.69. The highest BCUT2D eigenvalue weighted by Gasteiger charge is 2.19. The highest BCUT2D eigenvalue weighted by Crippen LogP contribution is 2.20. The molecule has 2 aromatic carbocycles. The summed E-state index contributed by atoms with van der Waals surface area (Å²) in [6.07, 6.45) is 3.44. The average Bonchev–Trinajstić information content (AvgIpc) is 2.73. The van der Waals surface area contributed by atoms with Crippen LogP contribution in [0.2, 0.25) is 0 Å². The van der Waals surface area contributed by atoms with Crippen LogP contribution in [0, 0.1) is 5.92 Å². The van der Waals surface area contributed by atoms with E-state index in [1.165, 1.54) is 5.56 Å². The summed E-state index contributed by atoms with van der Waals surface area (Å²) in [5.74, 6) is 1.58. The van der Waals surface area contributed by atoms with Crippen LogP contribution in [0.4, 0.5) is 5.69 Å². The van der Waals surface area contributed by atoms with Gasteiger partial charge in [0.05, 0.1) is 7.11 Å². The molecule has 5 nitrogen and oxygen atoms in total. The molecule has 1 amide bonds. The number of ether oxygens (including phenoxy) is 1. The van der Waals surface area contributed by atoms with Crippen molar-refractivity contribution in [3.8, 4) is 5.75 Å². The Balaban J connectivity index is 1.33. The topological polar surface area (TPSA) is 67.6 Å². The van der Waals surface area contributed by atoms with Gasteiger partial charge in [-0.15, -0.1) is 0 Å². The molecule has 150 valence electrons. The van der Waals surface area contributed by atoms with Crippen molar-refractivity contribution in [1.29, 1.82) is 0 Å². The monoisotopic (exact) mass is 381 g/mol. The third-order valence-electron chi connectivity index (χ3n) is 5.54. The number of aryl methyl sites for hydroxylation is 1. The zero-order chi connectivity index (χ0) is 19.8. The van der Waals surface area contributed by atoms with Gasteiger partial charge in [-0.05, 0) is 67.6 Å². The highest BCUT2D eigenvalue weighted by atomic mass is 16.5. The van der Waals surface area contributed by atoms with Crippen LogP contribution in [0.25, 0.3) is 0 Å². The third kappa shape index (κ3) is 5.99. The van der Waals surface area contributed by atoms with E-state index in [0.29, 0.717) is 18.8 Å². The van der Waals surface area contributed by atoms with Crippen LogP contribution < -0.4 is 15.8 Å². The van der Waals surface area contributed by atoms with E-state index >= 15 is 0 Å². The second kappa shape index (κ2) is 10.1. The average molecular weight is 382 g/mol. The molecule has 2 aromatic rings. The van der Waals surface area contributed by atoms with Gasteiger partial charge in [-0.1, -0.05) is 30.3 Å². The Morgan fingerprint density at radius 1 is 1.14 bits per heavy atom. The number of hydrogen-bond acceptors (Lipinski definition) is 4. The van der Waals surface area contributed by atoms with E-state index in [4.69, 9.17) is 10.5 Å². The van der Waals surface area contributed by atoms with Gasteiger partial charge < -0.3 is 15.8 Å². The van der Waals surface area contributed by atoms with Gasteiger partial charge in [-0.2, -0.15) is 0 Å². The fourth-order valence-electron chi connectivity index (χ4n) is 3.69. The Kier molecular flexibility index (Phi) is 7.31. The third-order valence-corrected chi connectivity index (χ3v) is 5.54. The number of piperidine rings is 1. The van der Waals surface area contributed by atoms with E-state index in [0.717, 1.165) is 56.0 Å². The Labute approximate surface area is 167 Å². The lowest BCUT2D eigenvalue weighted by molar-refractivity contribution is -0.121. The summed E-state index contributed by atoms with van der Waals surface area (Å²) >= 11 is 0. The molecule has 0 unspecified atom stereocenters. The Bertz CT molecular complexity index is 753. The van der Waals surface area contributed by atoms with E-state index in [1.807, 2.05) is 36.4 Å². The predicted octanol–water partition coefficient (Wildman–Crippen LogP) is 3.24. The van der Waals surface area contributed by atoms with Crippen LogP contribution in [0.3, 0.4) is 0 Å². The summed E-state index contributed by atoms with van der Waals surface area (Å²) in [5.41, 5.74) is 9.06. The number of para-hydroxylation sites is 1. The van der Waals surface area contributed by atoms with Crippen LogP contribution >= 0.6 is 0 Å². The quantitative estimate of drug-likeness (QED) is 0.689. The molecule has 3 N–H and O–H groups in total. The van der Waals surface area contributed by atoms with Gasteiger partial charge in [0.25, 0.3) is 0 Å². The zero-order valence-corrected chi connectivity index (χ0v) is 16.7. The summed E-state index contributed by atoms with van der Waals surface area (Å²) in [6.45, 7) is 3.90.